The highest BCUT2D eigenvalue weighted by atomic mass is 31.3. The first-order chi connectivity index (χ1) is 14.6. The summed E-state index contributed by atoms with van der Waals surface area (Å²) in [7, 11) is -16.8. The van der Waals surface area contributed by atoms with Gasteiger partial charge in [0, 0.05) is 12.7 Å². The molecular formula is C12H21N2O15P3. The van der Waals surface area contributed by atoms with Gasteiger partial charge in [0.25, 0.3) is 5.56 Å². The number of phosphoric ester groups is 1. The first-order valence-electron chi connectivity index (χ1n) is 8.69. The second kappa shape index (κ2) is 10.1. The molecule has 0 bridgehead atoms. The number of hydrogen-bond donors (Lipinski definition) is 7. The zero-order chi connectivity index (χ0) is 24.5. The molecule has 17 nitrogen and oxygen atoms in total. The smallest absolute Gasteiger partial charge is 0.387 e. The maximum atomic E-state index is 12.1. The third-order valence-electron chi connectivity index (χ3n) is 3.99. The lowest BCUT2D eigenvalue weighted by Gasteiger charge is -2.19. The zero-order valence-electron chi connectivity index (χ0n) is 16.2. The largest absolute Gasteiger partial charge is 0.490 e. The first kappa shape index (κ1) is 27.2. The number of aliphatic hydroxyl groups is 2. The molecule has 0 spiro atoms. The predicted molar refractivity (Wildman–Crippen MR) is 101 cm³/mol. The van der Waals surface area contributed by atoms with Crippen LogP contribution in [-0.4, -0.2) is 64.3 Å². The van der Waals surface area contributed by atoms with Gasteiger partial charge in [-0.05, 0) is 6.42 Å². The summed E-state index contributed by atoms with van der Waals surface area (Å²) in [6.07, 6.45) is -4.91. The Balaban J connectivity index is 2.13. The van der Waals surface area contributed by atoms with Gasteiger partial charge in [-0.3, -0.25) is 14.3 Å². The Morgan fingerprint density at radius 2 is 1.69 bits per heavy atom. The van der Waals surface area contributed by atoms with E-state index in [1.165, 1.54) is 0 Å². The van der Waals surface area contributed by atoms with E-state index in [1.807, 2.05) is 4.98 Å². The van der Waals surface area contributed by atoms with E-state index in [9.17, 15) is 38.4 Å². The summed E-state index contributed by atoms with van der Waals surface area (Å²) in [6, 6.07) is 0. The maximum absolute atomic E-state index is 12.1. The number of hydrogen-bond acceptors (Lipinski definition) is 11. The van der Waals surface area contributed by atoms with E-state index in [0.717, 1.165) is 10.8 Å². The molecule has 0 radical (unpaired) electrons. The minimum absolute atomic E-state index is 0.226. The van der Waals surface area contributed by atoms with Crippen LogP contribution in [0.25, 0.3) is 0 Å². The van der Waals surface area contributed by atoms with E-state index in [4.69, 9.17) is 19.4 Å². The van der Waals surface area contributed by atoms with E-state index in [2.05, 4.69) is 13.1 Å². The van der Waals surface area contributed by atoms with Gasteiger partial charge in [0.05, 0.1) is 12.2 Å². The van der Waals surface area contributed by atoms with E-state index >= 15 is 0 Å². The lowest BCUT2D eigenvalue weighted by atomic mass is 10.0. The van der Waals surface area contributed by atoms with E-state index < -0.39 is 65.7 Å². The van der Waals surface area contributed by atoms with Gasteiger partial charge in [0.1, 0.15) is 24.4 Å². The Morgan fingerprint density at radius 3 is 2.25 bits per heavy atom. The van der Waals surface area contributed by atoms with Crippen molar-refractivity contribution >= 4 is 23.5 Å². The molecule has 6 atom stereocenters. The number of phosphoric acid groups is 3. The molecule has 1 aromatic heterocycles. The highest BCUT2D eigenvalue weighted by Gasteiger charge is 2.47. The van der Waals surface area contributed by atoms with Crippen LogP contribution in [-0.2, 0) is 38.1 Å². The molecule has 2 rings (SSSR count). The minimum Gasteiger partial charge on any atom is -0.387 e. The van der Waals surface area contributed by atoms with Crippen LogP contribution in [0.15, 0.2) is 15.8 Å². The molecular weight excluding hydrogens is 505 g/mol. The van der Waals surface area contributed by atoms with Crippen molar-refractivity contribution in [1.82, 2.24) is 9.55 Å². The standard InChI is InChI=1S/C12H21N2O15P3/c1-2-3-14-4-6(11(17)13-12(14)18)10-9(16)8(15)7(27-10)5-26-31(22,23)29-32(24,25)28-30(19,20)21/h4,7-10,15-16H,2-3,5H2,1H3,(H,22,23)(H,24,25)(H,13,17,18)(H2,19,20,21)/t7-,8+,9?,10+/m1/s1. The zero-order valence-corrected chi connectivity index (χ0v) is 18.8. The van der Waals surface area contributed by atoms with E-state index in [1.54, 1.807) is 6.92 Å². The van der Waals surface area contributed by atoms with Gasteiger partial charge >= 0.3 is 29.2 Å². The number of aromatic nitrogens is 2. The summed E-state index contributed by atoms with van der Waals surface area (Å²) in [5.41, 5.74) is -1.85. The third-order valence-corrected chi connectivity index (χ3v) is 7.79. The Hall–Kier alpha value is -1.03. The summed E-state index contributed by atoms with van der Waals surface area (Å²) in [4.78, 5) is 61.5. The molecule has 1 fully saturated rings. The normalized spacial score (nSPS) is 27.7. The SMILES string of the molecule is CCCn1cc([C@@H]2O[C@H](COP(=O)(O)OP(=O)(O)OP(=O)(O)O)[C@H](O)C2O)c(=O)[nH]c1=O. The molecule has 3 unspecified atom stereocenters. The molecule has 0 aromatic carbocycles. The number of aliphatic hydroxyl groups excluding tert-OH is 2. The summed E-state index contributed by atoms with van der Waals surface area (Å²) in [5.74, 6) is 0. The van der Waals surface area contributed by atoms with Crippen molar-refractivity contribution in [3.8, 4) is 0 Å². The van der Waals surface area contributed by atoms with Gasteiger partial charge in [-0.15, -0.1) is 0 Å². The van der Waals surface area contributed by atoms with E-state index in [-0.39, 0.29) is 12.1 Å². The molecule has 1 aromatic rings. The number of nitrogens with one attached hydrogen (secondary N) is 1. The van der Waals surface area contributed by atoms with Gasteiger partial charge in [-0.1, -0.05) is 6.92 Å². The van der Waals surface area contributed by atoms with Gasteiger partial charge < -0.3 is 39.1 Å². The molecule has 2 heterocycles. The average Bonchev–Trinajstić information content (AvgIpc) is 2.87. The number of aryl methyl sites for hydroxylation is 1. The molecule has 1 aliphatic heterocycles. The van der Waals surface area contributed by atoms with Gasteiger partial charge in [-0.2, -0.15) is 8.62 Å². The van der Waals surface area contributed by atoms with Crippen molar-refractivity contribution in [2.24, 2.45) is 0 Å². The first-order valence-corrected chi connectivity index (χ1v) is 13.2. The maximum Gasteiger partial charge on any atom is 0.490 e. The van der Waals surface area contributed by atoms with Crippen LogP contribution in [0.2, 0.25) is 0 Å². The van der Waals surface area contributed by atoms with Crippen LogP contribution in [0.3, 0.4) is 0 Å². The van der Waals surface area contributed by atoms with Gasteiger partial charge in [-0.25, -0.2) is 18.5 Å². The number of aromatic amines is 1. The lowest BCUT2D eigenvalue weighted by Crippen LogP contribution is -2.36. The van der Waals surface area contributed by atoms with Crippen LogP contribution in [0.4, 0.5) is 0 Å². The number of rotatable bonds is 10. The van der Waals surface area contributed by atoms with Crippen LogP contribution in [0.1, 0.15) is 25.0 Å². The molecule has 7 N–H and O–H groups in total. The number of ether oxygens (including phenoxy) is 1. The molecule has 1 aliphatic rings. The highest BCUT2D eigenvalue weighted by Crippen LogP contribution is 2.66. The Bertz CT molecular complexity index is 1080. The topological polar surface area (TPSA) is 264 Å². The van der Waals surface area contributed by atoms with Crippen molar-refractivity contribution in [1.29, 1.82) is 0 Å². The second-order valence-corrected chi connectivity index (χ2v) is 10.9. The lowest BCUT2D eigenvalue weighted by molar-refractivity contribution is -0.0228. The summed E-state index contributed by atoms with van der Waals surface area (Å²) in [5, 5.41) is 20.3. The van der Waals surface area contributed by atoms with Crippen LogP contribution in [0, 0.1) is 0 Å². The fraction of sp³-hybridized carbons (Fsp3) is 0.667. The number of H-pyrrole nitrogens is 1. The van der Waals surface area contributed by atoms with Crippen molar-refractivity contribution in [2.45, 2.75) is 44.3 Å². The van der Waals surface area contributed by atoms with Crippen molar-refractivity contribution in [3.63, 3.8) is 0 Å². The van der Waals surface area contributed by atoms with Crippen LogP contribution < -0.4 is 11.2 Å². The molecule has 184 valence electrons. The monoisotopic (exact) mass is 526 g/mol. The Labute approximate surface area is 178 Å². The summed E-state index contributed by atoms with van der Waals surface area (Å²) in [6.45, 7) is 0.953. The summed E-state index contributed by atoms with van der Waals surface area (Å²) >= 11 is 0. The third kappa shape index (κ3) is 7.23. The Kier molecular flexibility index (Phi) is 8.57. The predicted octanol–water partition coefficient (Wildman–Crippen LogP) is -1.55. The van der Waals surface area contributed by atoms with Crippen LogP contribution >= 0.6 is 23.5 Å². The van der Waals surface area contributed by atoms with Gasteiger partial charge in [0.15, 0.2) is 0 Å². The average molecular weight is 526 g/mol. The van der Waals surface area contributed by atoms with Crippen molar-refractivity contribution < 1.29 is 61.4 Å². The van der Waals surface area contributed by atoms with Crippen molar-refractivity contribution in [2.75, 3.05) is 6.61 Å². The quantitative estimate of drug-likeness (QED) is 0.170. The Morgan fingerprint density at radius 1 is 1.06 bits per heavy atom. The van der Waals surface area contributed by atoms with Crippen LogP contribution in [0.5, 0.6) is 0 Å². The molecule has 1 saturated heterocycles. The summed E-state index contributed by atoms with van der Waals surface area (Å²) < 4.78 is 51.6. The molecule has 20 heteroatoms. The highest BCUT2D eigenvalue weighted by molar-refractivity contribution is 7.66. The second-order valence-electron chi connectivity index (χ2n) is 6.50. The minimum atomic E-state index is -5.74. The molecule has 0 saturated carbocycles. The fourth-order valence-electron chi connectivity index (χ4n) is 2.75. The molecule has 0 amide bonds. The molecule has 0 aliphatic carbocycles. The van der Waals surface area contributed by atoms with E-state index in [0.29, 0.717) is 6.42 Å². The van der Waals surface area contributed by atoms with Crippen molar-refractivity contribution in [3.05, 3.63) is 32.6 Å². The molecule has 32 heavy (non-hydrogen) atoms. The number of nitrogens with zero attached hydrogens (tertiary/aromatic N) is 1. The fourth-order valence-corrected chi connectivity index (χ4v) is 5.78. The van der Waals surface area contributed by atoms with Gasteiger partial charge in [0.2, 0.25) is 0 Å².